The Morgan fingerprint density at radius 3 is 2.16 bits per heavy atom. The summed E-state index contributed by atoms with van der Waals surface area (Å²) in [5.41, 5.74) is 14.7. The number of carbonyl (C=O) groups is 1. The highest BCUT2D eigenvalue weighted by Crippen LogP contribution is 2.33. The third kappa shape index (κ3) is 9.71. The van der Waals surface area contributed by atoms with E-state index in [4.69, 9.17) is 32.5 Å². The number of guanidine groups is 1. The number of hydrogen-bond donors (Lipinski definition) is 2. The van der Waals surface area contributed by atoms with E-state index in [9.17, 15) is 4.79 Å². The van der Waals surface area contributed by atoms with Gasteiger partial charge in [-0.3, -0.25) is 9.79 Å². The first kappa shape index (κ1) is 31.9. The summed E-state index contributed by atoms with van der Waals surface area (Å²) in [6.07, 6.45) is 5.68. The molecule has 1 aliphatic rings. The van der Waals surface area contributed by atoms with Crippen LogP contribution in [-0.2, 0) is 19.8 Å². The van der Waals surface area contributed by atoms with Gasteiger partial charge in [0, 0.05) is 25.8 Å². The Hall–Kier alpha value is -4.56. The number of halogens is 1. The van der Waals surface area contributed by atoms with Crippen molar-refractivity contribution >= 4 is 23.5 Å². The fraction of sp³-hybridized carbons (Fsp3) is 0.306. The fourth-order valence-corrected chi connectivity index (χ4v) is 5.87. The number of nitrogens with two attached hydrogens (primary N) is 2. The first-order chi connectivity index (χ1) is 21.9. The second-order valence-corrected chi connectivity index (χ2v) is 11.9. The van der Waals surface area contributed by atoms with Crippen LogP contribution in [0.2, 0.25) is 5.15 Å². The molecule has 0 aliphatic heterocycles. The van der Waals surface area contributed by atoms with E-state index >= 15 is 0 Å². The molecule has 234 valence electrons. The van der Waals surface area contributed by atoms with Crippen molar-refractivity contribution in [3.8, 4) is 11.5 Å². The Labute approximate surface area is 270 Å². The van der Waals surface area contributed by atoms with E-state index in [1.165, 1.54) is 6.20 Å². The van der Waals surface area contributed by atoms with E-state index in [-0.39, 0.29) is 11.9 Å². The molecule has 4 aromatic rings. The van der Waals surface area contributed by atoms with Crippen LogP contribution in [0.25, 0.3) is 0 Å². The lowest BCUT2D eigenvalue weighted by Gasteiger charge is -2.33. The zero-order valence-corrected chi connectivity index (χ0v) is 26.1. The van der Waals surface area contributed by atoms with Gasteiger partial charge in [0.2, 0.25) is 0 Å². The monoisotopic (exact) mass is 625 g/mol. The lowest BCUT2D eigenvalue weighted by atomic mass is 9.81. The summed E-state index contributed by atoms with van der Waals surface area (Å²) in [5, 5.41) is 0.347. The SMILES string of the molecule is NC(N)=NCC1CCCC(CN(Cc2ccc(OCc3ccccc3)c(OCc3ccccc3)c2)C(=O)c2ccc(Cl)nc2)C1. The zero-order valence-electron chi connectivity index (χ0n) is 25.4. The Bertz CT molecular complexity index is 1550. The highest BCUT2D eigenvalue weighted by Gasteiger charge is 2.27. The van der Waals surface area contributed by atoms with E-state index in [0.29, 0.717) is 66.9 Å². The topological polar surface area (TPSA) is 116 Å². The molecule has 0 spiro atoms. The van der Waals surface area contributed by atoms with E-state index in [2.05, 4.69) is 9.98 Å². The number of pyridine rings is 1. The average molecular weight is 626 g/mol. The quantitative estimate of drug-likeness (QED) is 0.0980. The number of carbonyl (C=O) groups excluding carboxylic acids is 1. The molecule has 1 amide bonds. The smallest absolute Gasteiger partial charge is 0.255 e. The number of rotatable bonds is 13. The molecule has 5 rings (SSSR count). The maximum Gasteiger partial charge on any atom is 0.255 e. The van der Waals surface area contributed by atoms with E-state index in [0.717, 1.165) is 42.4 Å². The van der Waals surface area contributed by atoms with Crippen LogP contribution in [0, 0.1) is 11.8 Å². The normalized spacial score (nSPS) is 16.0. The van der Waals surface area contributed by atoms with Gasteiger partial charge in [0.1, 0.15) is 18.4 Å². The van der Waals surface area contributed by atoms with E-state index < -0.39 is 0 Å². The maximum atomic E-state index is 13.9. The van der Waals surface area contributed by atoms with E-state index in [1.807, 2.05) is 83.8 Å². The van der Waals surface area contributed by atoms with Gasteiger partial charge in [0.25, 0.3) is 5.91 Å². The summed E-state index contributed by atoms with van der Waals surface area (Å²) < 4.78 is 12.5. The van der Waals surface area contributed by atoms with E-state index in [1.54, 1.807) is 12.1 Å². The molecular formula is C36H40ClN5O3. The molecule has 1 fully saturated rings. The highest BCUT2D eigenvalue weighted by molar-refractivity contribution is 6.29. The van der Waals surface area contributed by atoms with Gasteiger partial charge in [-0.25, -0.2) is 4.98 Å². The zero-order chi connectivity index (χ0) is 31.4. The molecule has 4 N–H and O–H groups in total. The van der Waals surface area contributed by atoms with Gasteiger partial charge in [-0.15, -0.1) is 0 Å². The van der Waals surface area contributed by atoms with Crippen LogP contribution in [-0.4, -0.2) is 34.8 Å². The number of hydrogen-bond acceptors (Lipinski definition) is 5. The molecule has 9 heteroatoms. The van der Waals surface area contributed by atoms with Crippen molar-refractivity contribution in [1.29, 1.82) is 0 Å². The maximum absolute atomic E-state index is 13.9. The second-order valence-electron chi connectivity index (χ2n) is 11.5. The third-order valence-corrected chi connectivity index (χ3v) is 8.24. The van der Waals surface area contributed by atoms with Crippen LogP contribution in [0.1, 0.15) is 52.7 Å². The van der Waals surface area contributed by atoms with Gasteiger partial charge in [-0.05, 0) is 72.1 Å². The molecule has 1 saturated carbocycles. The molecule has 0 radical (unpaired) electrons. The van der Waals surface area contributed by atoms with Gasteiger partial charge in [0.15, 0.2) is 17.5 Å². The van der Waals surface area contributed by atoms with Crippen LogP contribution in [0.15, 0.2) is 102 Å². The summed E-state index contributed by atoms with van der Waals surface area (Å²) in [7, 11) is 0. The summed E-state index contributed by atoms with van der Waals surface area (Å²) in [6.45, 7) is 2.42. The molecule has 0 saturated heterocycles. The summed E-state index contributed by atoms with van der Waals surface area (Å²) in [6, 6.07) is 29.3. The van der Waals surface area contributed by atoms with Crippen LogP contribution >= 0.6 is 11.6 Å². The van der Waals surface area contributed by atoms with Crippen molar-refractivity contribution in [3.63, 3.8) is 0 Å². The lowest BCUT2D eigenvalue weighted by Crippen LogP contribution is -2.37. The minimum Gasteiger partial charge on any atom is -0.485 e. The largest absolute Gasteiger partial charge is 0.485 e. The molecule has 8 nitrogen and oxygen atoms in total. The molecule has 0 bridgehead atoms. The van der Waals surface area contributed by atoms with Crippen molar-refractivity contribution < 1.29 is 14.3 Å². The Morgan fingerprint density at radius 2 is 1.51 bits per heavy atom. The first-order valence-electron chi connectivity index (χ1n) is 15.4. The number of benzene rings is 3. The summed E-state index contributed by atoms with van der Waals surface area (Å²) in [5.74, 6) is 2.01. The van der Waals surface area contributed by atoms with Gasteiger partial charge in [0.05, 0.1) is 5.56 Å². The second kappa shape index (κ2) is 16.0. The van der Waals surface area contributed by atoms with Crippen molar-refractivity contribution in [2.24, 2.45) is 28.3 Å². The number of nitrogens with zero attached hydrogens (tertiary/aromatic N) is 3. The van der Waals surface area contributed by atoms with Gasteiger partial charge in [-0.1, -0.05) is 84.8 Å². The lowest BCUT2D eigenvalue weighted by molar-refractivity contribution is 0.0686. The molecule has 1 aliphatic carbocycles. The number of ether oxygens (including phenoxy) is 2. The standard InChI is InChI=1S/C36H40ClN5O3/c37-34-17-15-31(21-40-34)35(43)42(22-29-13-7-12-28(18-29)20-41-36(38)39)23-30-14-16-32(44-24-26-8-3-1-4-9-26)33(19-30)45-25-27-10-5-2-6-11-27/h1-6,8-11,14-17,19,21,28-29H,7,12-13,18,20,22-25H2,(H4,38,39,41). The van der Waals surface area contributed by atoms with Crippen LogP contribution < -0.4 is 20.9 Å². The minimum atomic E-state index is -0.0957. The molecule has 2 atom stereocenters. The van der Waals surface area contributed by atoms with Crippen molar-refractivity contribution in [2.75, 3.05) is 13.1 Å². The Kier molecular flexibility index (Phi) is 11.3. The molecule has 3 aromatic carbocycles. The molecule has 1 heterocycles. The average Bonchev–Trinajstić information content (AvgIpc) is 3.07. The summed E-state index contributed by atoms with van der Waals surface area (Å²) >= 11 is 6.03. The number of amides is 1. The predicted octanol–water partition coefficient (Wildman–Crippen LogP) is 6.62. The Balaban J connectivity index is 1.37. The van der Waals surface area contributed by atoms with Crippen LogP contribution in [0.4, 0.5) is 0 Å². The highest BCUT2D eigenvalue weighted by atomic mass is 35.5. The minimum absolute atomic E-state index is 0.0957. The number of aromatic nitrogens is 1. The van der Waals surface area contributed by atoms with Crippen LogP contribution in [0.5, 0.6) is 11.5 Å². The molecule has 1 aromatic heterocycles. The van der Waals surface area contributed by atoms with Crippen LogP contribution in [0.3, 0.4) is 0 Å². The van der Waals surface area contributed by atoms with Crippen molar-refractivity contribution in [3.05, 3.63) is 125 Å². The van der Waals surface area contributed by atoms with Gasteiger partial charge in [-0.2, -0.15) is 0 Å². The predicted molar refractivity (Wildman–Crippen MR) is 178 cm³/mol. The van der Waals surface area contributed by atoms with Crippen molar-refractivity contribution in [2.45, 2.75) is 45.4 Å². The summed E-state index contributed by atoms with van der Waals surface area (Å²) in [4.78, 5) is 24.2. The molecule has 45 heavy (non-hydrogen) atoms. The fourth-order valence-electron chi connectivity index (χ4n) is 5.76. The van der Waals surface area contributed by atoms with Crippen molar-refractivity contribution in [1.82, 2.24) is 9.88 Å². The number of aliphatic imine (C=N–C) groups is 1. The van der Waals surface area contributed by atoms with Gasteiger partial charge < -0.3 is 25.8 Å². The third-order valence-electron chi connectivity index (χ3n) is 8.02. The first-order valence-corrected chi connectivity index (χ1v) is 15.7. The Morgan fingerprint density at radius 1 is 0.844 bits per heavy atom. The van der Waals surface area contributed by atoms with Gasteiger partial charge >= 0.3 is 0 Å². The molecular weight excluding hydrogens is 586 g/mol. The molecule has 2 unspecified atom stereocenters.